The van der Waals surface area contributed by atoms with Gasteiger partial charge in [0, 0.05) is 6.54 Å². The lowest BCUT2D eigenvalue weighted by Crippen LogP contribution is -2.24. The van der Waals surface area contributed by atoms with Crippen LogP contribution in [0.1, 0.15) is 23.1 Å². The molecule has 1 heterocycles. The Morgan fingerprint density at radius 1 is 1.33 bits per heavy atom. The average Bonchev–Trinajstić information content (AvgIpc) is 2.86. The van der Waals surface area contributed by atoms with Crippen molar-refractivity contribution < 1.29 is 4.74 Å². The average molecular weight is 248 g/mol. The van der Waals surface area contributed by atoms with Crippen molar-refractivity contribution in [2.75, 3.05) is 26.7 Å². The van der Waals surface area contributed by atoms with Gasteiger partial charge >= 0.3 is 0 Å². The molecule has 0 saturated carbocycles. The van der Waals surface area contributed by atoms with Gasteiger partial charge in [-0.05, 0) is 68.6 Å². The number of hydrogen-bond donors (Lipinski definition) is 2. The van der Waals surface area contributed by atoms with E-state index in [1.165, 1.54) is 29.7 Å². The minimum atomic E-state index is 0.796. The van der Waals surface area contributed by atoms with Gasteiger partial charge in [0.1, 0.15) is 5.75 Å². The largest absolute Gasteiger partial charge is 0.496 e. The van der Waals surface area contributed by atoms with Gasteiger partial charge in [0.2, 0.25) is 0 Å². The fourth-order valence-electron chi connectivity index (χ4n) is 2.56. The molecule has 1 aliphatic heterocycles. The molecule has 100 valence electrons. The zero-order chi connectivity index (χ0) is 13.0. The highest BCUT2D eigenvalue weighted by Gasteiger charge is 2.13. The predicted molar refractivity (Wildman–Crippen MR) is 75.2 cm³/mol. The van der Waals surface area contributed by atoms with E-state index in [9.17, 15) is 0 Å². The van der Waals surface area contributed by atoms with Crippen LogP contribution in [-0.2, 0) is 6.54 Å². The summed E-state index contributed by atoms with van der Waals surface area (Å²) in [4.78, 5) is 0. The van der Waals surface area contributed by atoms with Crippen LogP contribution in [0, 0.1) is 19.8 Å². The molecule has 1 saturated heterocycles. The van der Waals surface area contributed by atoms with Crippen LogP contribution in [0.3, 0.4) is 0 Å². The maximum Gasteiger partial charge on any atom is 0.122 e. The number of ether oxygens (including phenoxy) is 1. The number of methoxy groups -OCH3 is 1. The Labute approximate surface area is 110 Å². The molecular formula is C15H24N2O. The van der Waals surface area contributed by atoms with Crippen LogP contribution in [0.5, 0.6) is 5.75 Å². The van der Waals surface area contributed by atoms with E-state index in [-0.39, 0.29) is 0 Å². The first-order valence-corrected chi connectivity index (χ1v) is 6.76. The van der Waals surface area contributed by atoms with Crippen molar-refractivity contribution in [1.82, 2.24) is 10.6 Å². The smallest absolute Gasteiger partial charge is 0.122 e. The van der Waals surface area contributed by atoms with E-state index in [1.807, 2.05) is 0 Å². The van der Waals surface area contributed by atoms with Gasteiger partial charge in [-0.15, -0.1) is 0 Å². The number of rotatable bonds is 5. The summed E-state index contributed by atoms with van der Waals surface area (Å²) in [6, 6.07) is 4.36. The van der Waals surface area contributed by atoms with Gasteiger partial charge in [-0.25, -0.2) is 0 Å². The molecule has 0 radical (unpaired) electrons. The third-order valence-corrected chi connectivity index (χ3v) is 3.76. The van der Waals surface area contributed by atoms with E-state index in [2.05, 4.69) is 36.6 Å². The molecule has 1 aromatic carbocycles. The lowest BCUT2D eigenvalue weighted by molar-refractivity contribution is 0.411. The first kappa shape index (κ1) is 13.4. The lowest BCUT2D eigenvalue weighted by atomic mass is 10.0. The van der Waals surface area contributed by atoms with Crippen molar-refractivity contribution in [2.24, 2.45) is 5.92 Å². The molecule has 18 heavy (non-hydrogen) atoms. The van der Waals surface area contributed by atoms with Gasteiger partial charge in [0.15, 0.2) is 0 Å². The molecule has 0 bridgehead atoms. The van der Waals surface area contributed by atoms with Crippen LogP contribution in [0.25, 0.3) is 0 Å². The molecule has 1 aromatic rings. The summed E-state index contributed by atoms with van der Waals surface area (Å²) >= 11 is 0. The second-order valence-electron chi connectivity index (χ2n) is 5.24. The first-order valence-electron chi connectivity index (χ1n) is 6.76. The predicted octanol–water partition coefficient (Wildman–Crippen LogP) is 2.01. The summed E-state index contributed by atoms with van der Waals surface area (Å²) in [5.74, 6) is 1.78. The molecule has 2 rings (SSSR count). The molecule has 0 amide bonds. The molecule has 0 aromatic heterocycles. The number of aryl methyl sites for hydroxylation is 2. The van der Waals surface area contributed by atoms with E-state index >= 15 is 0 Å². The minimum Gasteiger partial charge on any atom is -0.496 e. The van der Waals surface area contributed by atoms with Crippen molar-refractivity contribution in [3.63, 3.8) is 0 Å². The molecule has 3 nitrogen and oxygen atoms in total. The number of hydrogen-bond acceptors (Lipinski definition) is 3. The summed E-state index contributed by atoms with van der Waals surface area (Å²) in [6.45, 7) is 8.64. The van der Waals surface area contributed by atoms with E-state index in [0.717, 1.165) is 31.3 Å². The van der Waals surface area contributed by atoms with Crippen molar-refractivity contribution >= 4 is 0 Å². The normalized spacial score (nSPS) is 19.2. The highest BCUT2D eigenvalue weighted by molar-refractivity contribution is 5.41. The topological polar surface area (TPSA) is 33.3 Å². The number of benzene rings is 1. The molecule has 2 N–H and O–H groups in total. The van der Waals surface area contributed by atoms with Gasteiger partial charge < -0.3 is 15.4 Å². The monoisotopic (exact) mass is 248 g/mol. The molecule has 1 fully saturated rings. The Balaban J connectivity index is 1.90. The second-order valence-corrected chi connectivity index (χ2v) is 5.24. The first-order chi connectivity index (χ1) is 8.70. The molecule has 0 spiro atoms. The van der Waals surface area contributed by atoms with Crippen molar-refractivity contribution in [3.05, 3.63) is 28.8 Å². The molecule has 0 aliphatic carbocycles. The van der Waals surface area contributed by atoms with Gasteiger partial charge in [-0.3, -0.25) is 0 Å². The molecule has 1 unspecified atom stereocenters. The maximum atomic E-state index is 5.34. The van der Waals surface area contributed by atoms with Crippen LogP contribution >= 0.6 is 0 Å². The van der Waals surface area contributed by atoms with Crippen molar-refractivity contribution in [3.8, 4) is 5.75 Å². The molecule has 1 atom stereocenters. The summed E-state index contributed by atoms with van der Waals surface area (Å²) in [5, 5.41) is 6.97. The fraction of sp³-hybridized carbons (Fsp3) is 0.600. The van der Waals surface area contributed by atoms with Crippen LogP contribution in [-0.4, -0.2) is 26.7 Å². The summed E-state index contributed by atoms with van der Waals surface area (Å²) in [5.41, 5.74) is 3.89. The van der Waals surface area contributed by atoms with Gasteiger partial charge in [0.05, 0.1) is 7.11 Å². The maximum absolute atomic E-state index is 5.34. The van der Waals surface area contributed by atoms with Crippen LogP contribution in [0.15, 0.2) is 12.1 Å². The van der Waals surface area contributed by atoms with Gasteiger partial charge in [-0.1, -0.05) is 6.07 Å². The summed E-state index contributed by atoms with van der Waals surface area (Å²) in [7, 11) is 1.73. The van der Waals surface area contributed by atoms with Crippen molar-refractivity contribution in [2.45, 2.75) is 26.8 Å². The lowest BCUT2D eigenvalue weighted by Gasteiger charge is -2.14. The zero-order valence-electron chi connectivity index (χ0n) is 11.7. The van der Waals surface area contributed by atoms with Crippen LogP contribution in [0.2, 0.25) is 0 Å². The fourth-order valence-corrected chi connectivity index (χ4v) is 2.56. The molecular weight excluding hydrogens is 224 g/mol. The highest BCUT2D eigenvalue weighted by Crippen LogP contribution is 2.22. The minimum absolute atomic E-state index is 0.796. The summed E-state index contributed by atoms with van der Waals surface area (Å²) in [6.07, 6.45) is 1.30. The van der Waals surface area contributed by atoms with E-state index < -0.39 is 0 Å². The van der Waals surface area contributed by atoms with Gasteiger partial charge in [-0.2, -0.15) is 0 Å². The van der Waals surface area contributed by atoms with E-state index in [1.54, 1.807) is 7.11 Å². The van der Waals surface area contributed by atoms with Crippen LogP contribution in [0.4, 0.5) is 0 Å². The quantitative estimate of drug-likeness (QED) is 0.836. The third-order valence-electron chi connectivity index (χ3n) is 3.76. The van der Waals surface area contributed by atoms with E-state index in [4.69, 9.17) is 4.74 Å². The van der Waals surface area contributed by atoms with Crippen LogP contribution < -0.4 is 15.4 Å². The SMILES string of the molecule is COc1cc(C)c(CNCC2CCNC2)cc1C. The molecule has 1 aliphatic rings. The Morgan fingerprint density at radius 3 is 2.83 bits per heavy atom. The Morgan fingerprint density at radius 2 is 2.17 bits per heavy atom. The Hall–Kier alpha value is -1.06. The van der Waals surface area contributed by atoms with E-state index in [0.29, 0.717) is 0 Å². The number of nitrogens with one attached hydrogen (secondary N) is 2. The third kappa shape index (κ3) is 3.24. The Kier molecular flexibility index (Phi) is 4.61. The standard InChI is InChI=1S/C15H24N2O/c1-11-7-15(18-3)12(2)6-14(11)10-17-9-13-4-5-16-8-13/h6-7,13,16-17H,4-5,8-10H2,1-3H3. The Bertz CT molecular complexity index is 398. The molecule has 3 heteroatoms. The summed E-state index contributed by atoms with van der Waals surface area (Å²) < 4.78 is 5.34. The van der Waals surface area contributed by atoms with Gasteiger partial charge in [0.25, 0.3) is 0 Å². The van der Waals surface area contributed by atoms with Crippen molar-refractivity contribution in [1.29, 1.82) is 0 Å². The highest BCUT2D eigenvalue weighted by atomic mass is 16.5. The second kappa shape index (κ2) is 6.21. The zero-order valence-corrected chi connectivity index (χ0v) is 11.7.